The number of ketones is 1. The molecule has 180 valence electrons. The predicted molar refractivity (Wildman–Crippen MR) is 133 cm³/mol. The van der Waals surface area contributed by atoms with Crippen LogP contribution in [-0.2, 0) is 10.5 Å². The van der Waals surface area contributed by atoms with Crippen LogP contribution in [0.5, 0.6) is 17.2 Å². The third kappa shape index (κ3) is 4.27. The zero-order chi connectivity index (χ0) is 24.5. The van der Waals surface area contributed by atoms with Gasteiger partial charge in [-0.15, -0.1) is 0 Å². The fourth-order valence-electron chi connectivity index (χ4n) is 4.65. The Hall–Kier alpha value is -3.72. The van der Waals surface area contributed by atoms with Gasteiger partial charge >= 0.3 is 0 Å². The molecular formula is C26H25N3O5S. The van der Waals surface area contributed by atoms with Crippen molar-refractivity contribution in [3.8, 4) is 17.2 Å². The van der Waals surface area contributed by atoms with Gasteiger partial charge in [-0.3, -0.25) is 9.59 Å². The van der Waals surface area contributed by atoms with Gasteiger partial charge in [0.25, 0.3) is 5.56 Å². The van der Waals surface area contributed by atoms with Gasteiger partial charge in [0.1, 0.15) is 5.82 Å². The predicted octanol–water partition coefficient (Wildman–Crippen LogP) is 4.35. The third-order valence-electron chi connectivity index (χ3n) is 6.29. The lowest BCUT2D eigenvalue weighted by Gasteiger charge is -2.33. The number of aromatic hydroxyl groups is 1. The van der Waals surface area contributed by atoms with Crippen LogP contribution in [0, 0.1) is 0 Å². The van der Waals surface area contributed by atoms with Crippen molar-refractivity contribution in [2.45, 2.75) is 36.1 Å². The number of aromatic amines is 1. The normalized spacial score (nSPS) is 16.9. The van der Waals surface area contributed by atoms with Crippen molar-refractivity contribution in [1.82, 2.24) is 9.97 Å². The zero-order valence-corrected chi connectivity index (χ0v) is 20.2. The summed E-state index contributed by atoms with van der Waals surface area (Å²) in [5.74, 6) is 0.674. The largest absolute Gasteiger partial charge is 0.502 e. The highest BCUT2D eigenvalue weighted by Gasteiger charge is 2.38. The number of phenolic OH excluding ortho intramolecular Hbond substituents is 1. The smallest absolute Gasteiger partial charge is 0.257 e. The van der Waals surface area contributed by atoms with E-state index < -0.39 is 5.92 Å². The number of carbonyl (C=O) groups is 1. The van der Waals surface area contributed by atoms with E-state index in [9.17, 15) is 14.7 Å². The molecule has 1 aromatic heterocycles. The van der Waals surface area contributed by atoms with Gasteiger partial charge in [-0.05, 0) is 36.1 Å². The first-order chi connectivity index (χ1) is 17.0. The molecule has 35 heavy (non-hydrogen) atoms. The van der Waals surface area contributed by atoms with Crippen molar-refractivity contribution in [3.63, 3.8) is 0 Å². The number of H-pyrrole nitrogens is 1. The van der Waals surface area contributed by atoms with E-state index in [1.165, 1.54) is 26.0 Å². The summed E-state index contributed by atoms with van der Waals surface area (Å²) in [6.07, 6.45) is 1.83. The van der Waals surface area contributed by atoms with Crippen molar-refractivity contribution in [1.29, 1.82) is 0 Å². The van der Waals surface area contributed by atoms with Gasteiger partial charge in [0.2, 0.25) is 5.75 Å². The van der Waals surface area contributed by atoms with E-state index in [2.05, 4.69) is 10.3 Å². The standard InChI is InChI=1S/C26H25N3O5S/c1-33-18-11-15(12-19(34-2)23(18)31)20-21-16(9-6-10-17(21)30)27-24-22(20)25(32)29-26(28-24)35-13-14-7-4-3-5-8-14/h3-5,7-8,11-12,20,31H,6,9-10,13H2,1-2H3,(H2,27,28,29,32)/t20-/m0/s1. The Morgan fingerprint density at radius 3 is 2.49 bits per heavy atom. The topological polar surface area (TPSA) is 114 Å². The number of hydrogen-bond acceptors (Lipinski definition) is 8. The number of methoxy groups -OCH3 is 2. The maximum Gasteiger partial charge on any atom is 0.257 e. The number of carbonyl (C=O) groups excluding carboxylic acids is 1. The number of ether oxygens (including phenoxy) is 2. The Labute approximate surface area is 206 Å². The number of thioether (sulfide) groups is 1. The van der Waals surface area contributed by atoms with Gasteiger partial charge in [-0.1, -0.05) is 42.1 Å². The SMILES string of the molecule is COc1cc([C@H]2C3=C(CCCC3=O)Nc3nc(SCc4ccccc4)[nH]c(=O)c32)cc(OC)c1O. The van der Waals surface area contributed by atoms with Gasteiger partial charge < -0.3 is 24.9 Å². The maximum atomic E-state index is 13.4. The van der Waals surface area contributed by atoms with Gasteiger partial charge in [0.15, 0.2) is 22.4 Å². The van der Waals surface area contributed by atoms with Crippen LogP contribution >= 0.6 is 11.8 Å². The number of Topliss-reactive ketones (excluding diaryl/α,β-unsaturated/α-hetero) is 1. The molecule has 1 aliphatic heterocycles. The third-order valence-corrected chi connectivity index (χ3v) is 7.23. The minimum absolute atomic E-state index is 0.0117. The monoisotopic (exact) mass is 491 g/mol. The van der Waals surface area contributed by atoms with Crippen LogP contribution in [0.25, 0.3) is 0 Å². The number of rotatable bonds is 6. The maximum absolute atomic E-state index is 13.4. The highest BCUT2D eigenvalue weighted by atomic mass is 32.2. The lowest BCUT2D eigenvalue weighted by molar-refractivity contribution is -0.116. The number of allylic oxidation sites excluding steroid dienone is 2. The molecule has 2 aliphatic rings. The molecule has 9 heteroatoms. The van der Waals surface area contributed by atoms with E-state index in [1.54, 1.807) is 12.1 Å². The van der Waals surface area contributed by atoms with Gasteiger partial charge in [-0.25, -0.2) is 4.98 Å². The van der Waals surface area contributed by atoms with Crippen molar-refractivity contribution in [2.75, 3.05) is 19.5 Å². The van der Waals surface area contributed by atoms with Crippen LogP contribution in [0.3, 0.4) is 0 Å². The number of hydrogen-bond donors (Lipinski definition) is 3. The molecule has 5 rings (SSSR count). The van der Waals surface area contributed by atoms with E-state index in [1.807, 2.05) is 30.3 Å². The highest BCUT2D eigenvalue weighted by Crippen LogP contribution is 2.47. The molecule has 1 aliphatic carbocycles. The van der Waals surface area contributed by atoms with E-state index in [0.29, 0.717) is 46.3 Å². The first-order valence-corrected chi connectivity index (χ1v) is 12.3. The summed E-state index contributed by atoms with van der Waals surface area (Å²) in [5, 5.41) is 14.2. The van der Waals surface area contributed by atoms with Crippen molar-refractivity contribution in [3.05, 3.63) is 80.8 Å². The van der Waals surface area contributed by atoms with Crippen LogP contribution in [0.2, 0.25) is 0 Å². The van der Waals surface area contributed by atoms with Gasteiger partial charge in [0, 0.05) is 29.4 Å². The molecule has 3 N–H and O–H groups in total. The van der Waals surface area contributed by atoms with Crippen LogP contribution in [0.15, 0.2) is 63.7 Å². The Morgan fingerprint density at radius 1 is 1.09 bits per heavy atom. The second-order valence-corrected chi connectivity index (χ2v) is 9.37. The van der Waals surface area contributed by atoms with Crippen molar-refractivity contribution in [2.24, 2.45) is 0 Å². The zero-order valence-electron chi connectivity index (χ0n) is 19.4. The van der Waals surface area contributed by atoms with Crippen LogP contribution in [0.4, 0.5) is 5.82 Å². The summed E-state index contributed by atoms with van der Waals surface area (Å²) < 4.78 is 10.7. The van der Waals surface area contributed by atoms with Crippen molar-refractivity contribution >= 4 is 23.4 Å². The Kier molecular flexibility index (Phi) is 6.25. The number of nitrogens with zero attached hydrogens (tertiary/aromatic N) is 1. The fourth-order valence-corrected chi connectivity index (χ4v) is 5.47. The molecule has 0 radical (unpaired) electrons. The summed E-state index contributed by atoms with van der Waals surface area (Å²) in [4.78, 5) is 34.1. The molecule has 1 atom stereocenters. The van der Waals surface area contributed by atoms with E-state index in [0.717, 1.165) is 17.7 Å². The average Bonchev–Trinajstić information content (AvgIpc) is 2.87. The molecule has 0 saturated carbocycles. The molecular weight excluding hydrogens is 466 g/mol. The molecule has 2 heterocycles. The van der Waals surface area contributed by atoms with Gasteiger partial charge in [-0.2, -0.15) is 0 Å². The molecule has 3 aromatic rings. The van der Waals surface area contributed by atoms with E-state index >= 15 is 0 Å². The number of anilines is 1. The number of benzene rings is 2. The Bertz CT molecular complexity index is 1360. The van der Waals surface area contributed by atoms with E-state index in [-0.39, 0.29) is 28.6 Å². The molecule has 8 nitrogen and oxygen atoms in total. The van der Waals surface area contributed by atoms with Gasteiger partial charge in [0.05, 0.1) is 19.8 Å². The lowest BCUT2D eigenvalue weighted by atomic mass is 9.76. The quantitative estimate of drug-likeness (QED) is 0.345. The second kappa shape index (κ2) is 9.50. The fraction of sp³-hybridized carbons (Fsp3) is 0.269. The summed E-state index contributed by atoms with van der Waals surface area (Å²) in [6, 6.07) is 13.2. The summed E-state index contributed by atoms with van der Waals surface area (Å²) in [5.41, 5.74) is 3.10. The minimum Gasteiger partial charge on any atom is -0.502 e. The minimum atomic E-state index is -0.665. The number of fused-ring (bicyclic) bond motifs is 1. The number of phenols is 1. The molecule has 0 saturated heterocycles. The van der Waals surface area contributed by atoms with E-state index in [4.69, 9.17) is 14.5 Å². The average molecular weight is 492 g/mol. The molecule has 0 unspecified atom stereocenters. The molecule has 0 spiro atoms. The highest BCUT2D eigenvalue weighted by molar-refractivity contribution is 7.98. The lowest BCUT2D eigenvalue weighted by Crippen LogP contribution is -2.32. The van der Waals surface area contributed by atoms with Crippen LogP contribution in [0.1, 0.15) is 41.9 Å². The number of nitrogens with one attached hydrogen (secondary N) is 2. The first-order valence-electron chi connectivity index (χ1n) is 11.3. The molecule has 0 bridgehead atoms. The van der Waals surface area contributed by atoms with Crippen LogP contribution in [-0.4, -0.2) is 35.1 Å². The van der Waals surface area contributed by atoms with Crippen LogP contribution < -0.4 is 20.3 Å². The molecule has 2 aromatic carbocycles. The summed E-state index contributed by atoms with van der Waals surface area (Å²) in [6.45, 7) is 0. The molecule has 0 fully saturated rings. The summed E-state index contributed by atoms with van der Waals surface area (Å²) in [7, 11) is 2.88. The second-order valence-electron chi connectivity index (χ2n) is 8.41. The molecule has 0 amide bonds. The number of aromatic nitrogens is 2. The Balaban J connectivity index is 1.62. The summed E-state index contributed by atoms with van der Waals surface area (Å²) >= 11 is 1.44. The first kappa shape index (κ1) is 23.0. The Morgan fingerprint density at radius 2 is 1.80 bits per heavy atom. The van der Waals surface area contributed by atoms with Crippen molar-refractivity contribution < 1.29 is 19.4 Å².